The van der Waals surface area contributed by atoms with Gasteiger partial charge in [0.05, 0.1) is 0 Å². The maximum Gasteiger partial charge on any atom is 0.0345 e. The zero-order valence-electron chi connectivity index (χ0n) is 9.98. The lowest BCUT2D eigenvalue weighted by molar-refractivity contribution is 1.01. The van der Waals surface area contributed by atoms with Crippen LogP contribution in [0, 0.1) is 6.92 Å². The highest BCUT2D eigenvalue weighted by molar-refractivity contribution is 5.56. The molecule has 0 atom stereocenters. The van der Waals surface area contributed by atoms with E-state index in [0.29, 0.717) is 0 Å². The number of nitrogens with two attached hydrogens (primary N) is 1. The number of benzene rings is 1. The van der Waals surface area contributed by atoms with E-state index >= 15 is 0 Å². The second-order valence-electron chi connectivity index (χ2n) is 4.10. The van der Waals surface area contributed by atoms with Crippen LogP contribution < -0.4 is 11.1 Å². The van der Waals surface area contributed by atoms with Crippen molar-refractivity contribution in [2.24, 2.45) is 0 Å². The van der Waals surface area contributed by atoms with Crippen LogP contribution in [0.1, 0.15) is 11.1 Å². The lowest BCUT2D eigenvalue weighted by Crippen LogP contribution is -2.05. The number of aryl methyl sites for hydroxylation is 1. The van der Waals surface area contributed by atoms with E-state index in [2.05, 4.69) is 16.4 Å². The van der Waals surface area contributed by atoms with E-state index < -0.39 is 0 Å². The molecule has 0 aliphatic carbocycles. The van der Waals surface area contributed by atoms with Crippen molar-refractivity contribution in [1.82, 2.24) is 4.98 Å². The smallest absolute Gasteiger partial charge is 0.0345 e. The van der Waals surface area contributed by atoms with E-state index in [9.17, 15) is 0 Å². The number of rotatable bonds is 4. The van der Waals surface area contributed by atoms with E-state index in [0.717, 1.165) is 29.9 Å². The average molecular weight is 227 g/mol. The van der Waals surface area contributed by atoms with E-state index in [4.69, 9.17) is 5.73 Å². The third kappa shape index (κ3) is 3.21. The number of pyridine rings is 1. The van der Waals surface area contributed by atoms with Crippen molar-refractivity contribution < 1.29 is 0 Å². The summed E-state index contributed by atoms with van der Waals surface area (Å²) in [5.41, 5.74) is 10.1. The number of nitrogens with one attached hydrogen (secondary N) is 1. The van der Waals surface area contributed by atoms with Gasteiger partial charge in [-0.1, -0.05) is 0 Å². The first kappa shape index (κ1) is 11.5. The zero-order valence-corrected chi connectivity index (χ0v) is 9.98. The third-order valence-electron chi connectivity index (χ3n) is 2.76. The Morgan fingerprint density at radius 2 is 1.94 bits per heavy atom. The molecular formula is C14H17N3. The Bertz CT molecular complexity index is 480. The molecule has 0 spiro atoms. The molecule has 17 heavy (non-hydrogen) atoms. The van der Waals surface area contributed by atoms with Gasteiger partial charge >= 0.3 is 0 Å². The van der Waals surface area contributed by atoms with Crippen molar-refractivity contribution >= 4 is 11.4 Å². The number of nitrogens with zero attached hydrogens (tertiary/aromatic N) is 1. The molecule has 0 aliphatic heterocycles. The summed E-state index contributed by atoms with van der Waals surface area (Å²) in [5, 5.41) is 3.39. The minimum atomic E-state index is 0.838. The van der Waals surface area contributed by atoms with Crippen molar-refractivity contribution in [3.05, 3.63) is 53.9 Å². The summed E-state index contributed by atoms with van der Waals surface area (Å²) < 4.78 is 0. The van der Waals surface area contributed by atoms with Gasteiger partial charge in [0.15, 0.2) is 0 Å². The minimum Gasteiger partial charge on any atom is -0.399 e. The number of anilines is 2. The normalized spacial score (nSPS) is 10.2. The number of hydrogen-bond donors (Lipinski definition) is 2. The highest BCUT2D eigenvalue weighted by atomic mass is 14.9. The molecule has 0 amide bonds. The van der Waals surface area contributed by atoms with Gasteiger partial charge in [-0.3, -0.25) is 4.98 Å². The van der Waals surface area contributed by atoms with Gasteiger partial charge in [0.2, 0.25) is 0 Å². The molecule has 0 aliphatic rings. The first-order valence-corrected chi connectivity index (χ1v) is 5.74. The lowest BCUT2D eigenvalue weighted by atomic mass is 10.1. The zero-order chi connectivity index (χ0) is 12.1. The number of aromatic nitrogens is 1. The van der Waals surface area contributed by atoms with Crippen LogP contribution in [0.4, 0.5) is 11.4 Å². The standard InChI is InChI=1S/C14H17N3/c1-11-10-13(2-3-14(11)15)17-9-6-12-4-7-16-8-5-12/h2-5,7-8,10,17H,6,9,15H2,1H3. The molecule has 2 rings (SSSR count). The van der Waals surface area contributed by atoms with Gasteiger partial charge in [-0.05, 0) is 54.8 Å². The molecule has 1 aromatic heterocycles. The third-order valence-corrected chi connectivity index (χ3v) is 2.76. The van der Waals surface area contributed by atoms with E-state index in [1.54, 1.807) is 0 Å². The maximum absolute atomic E-state index is 5.77. The fraction of sp³-hybridized carbons (Fsp3) is 0.214. The van der Waals surface area contributed by atoms with Gasteiger partial charge in [0.25, 0.3) is 0 Å². The quantitative estimate of drug-likeness (QED) is 0.789. The molecule has 1 heterocycles. The molecule has 0 unspecified atom stereocenters. The van der Waals surface area contributed by atoms with Crippen LogP contribution >= 0.6 is 0 Å². The molecule has 0 bridgehead atoms. The van der Waals surface area contributed by atoms with Gasteiger partial charge in [-0.2, -0.15) is 0 Å². The van der Waals surface area contributed by atoms with Crippen molar-refractivity contribution in [3.8, 4) is 0 Å². The molecule has 3 N–H and O–H groups in total. The fourth-order valence-corrected chi connectivity index (χ4v) is 1.69. The topological polar surface area (TPSA) is 50.9 Å². The van der Waals surface area contributed by atoms with Crippen LogP contribution in [0.15, 0.2) is 42.7 Å². The second-order valence-corrected chi connectivity index (χ2v) is 4.10. The van der Waals surface area contributed by atoms with Crippen LogP contribution in [-0.2, 0) is 6.42 Å². The van der Waals surface area contributed by atoms with Crippen molar-refractivity contribution in [3.63, 3.8) is 0 Å². The molecule has 3 nitrogen and oxygen atoms in total. The SMILES string of the molecule is Cc1cc(NCCc2ccncc2)ccc1N. The van der Waals surface area contributed by atoms with Gasteiger partial charge in [0.1, 0.15) is 0 Å². The summed E-state index contributed by atoms with van der Waals surface area (Å²) in [5.74, 6) is 0. The Kier molecular flexibility index (Phi) is 3.60. The maximum atomic E-state index is 5.77. The average Bonchev–Trinajstić information content (AvgIpc) is 2.35. The van der Waals surface area contributed by atoms with Crippen LogP contribution in [0.2, 0.25) is 0 Å². The second kappa shape index (κ2) is 5.34. The Balaban J connectivity index is 1.88. The molecule has 0 radical (unpaired) electrons. The Morgan fingerprint density at radius 3 is 2.65 bits per heavy atom. The summed E-state index contributed by atoms with van der Waals surface area (Å²) in [4.78, 5) is 4.00. The molecule has 3 heteroatoms. The number of hydrogen-bond acceptors (Lipinski definition) is 3. The summed E-state index contributed by atoms with van der Waals surface area (Å²) in [6.07, 6.45) is 4.64. The molecule has 88 valence electrons. The predicted molar refractivity (Wildman–Crippen MR) is 72.0 cm³/mol. The van der Waals surface area contributed by atoms with Crippen LogP contribution in [0.25, 0.3) is 0 Å². The van der Waals surface area contributed by atoms with E-state index in [-0.39, 0.29) is 0 Å². The molecular weight excluding hydrogens is 210 g/mol. The largest absolute Gasteiger partial charge is 0.399 e. The number of nitrogen functional groups attached to an aromatic ring is 1. The highest BCUT2D eigenvalue weighted by Gasteiger charge is 1.96. The molecule has 1 aromatic carbocycles. The summed E-state index contributed by atoms with van der Waals surface area (Å²) in [6.45, 7) is 2.93. The molecule has 2 aromatic rings. The van der Waals surface area contributed by atoms with Crippen molar-refractivity contribution in [1.29, 1.82) is 0 Å². The predicted octanol–water partition coefficient (Wildman–Crippen LogP) is 2.63. The summed E-state index contributed by atoms with van der Waals surface area (Å²) >= 11 is 0. The van der Waals surface area contributed by atoms with Gasteiger partial charge in [-0.15, -0.1) is 0 Å². The van der Waals surface area contributed by atoms with Crippen molar-refractivity contribution in [2.45, 2.75) is 13.3 Å². The Labute approximate surface area is 102 Å². The summed E-state index contributed by atoms with van der Waals surface area (Å²) in [7, 11) is 0. The van der Waals surface area contributed by atoms with Gasteiger partial charge in [-0.25, -0.2) is 0 Å². The minimum absolute atomic E-state index is 0.838. The fourth-order valence-electron chi connectivity index (χ4n) is 1.69. The van der Waals surface area contributed by atoms with E-state index in [1.807, 2.05) is 43.6 Å². The molecule has 0 saturated carbocycles. The van der Waals surface area contributed by atoms with Crippen LogP contribution in [0.5, 0.6) is 0 Å². The van der Waals surface area contributed by atoms with Gasteiger partial charge < -0.3 is 11.1 Å². The van der Waals surface area contributed by atoms with E-state index in [1.165, 1.54) is 5.56 Å². The van der Waals surface area contributed by atoms with Crippen molar-refractivity contribution in [2.75, 3.05) is 17.6 Å². The molecule has 0 saturated heterocycles. The monoisotopic (exact) mass is 227 g/mol. The Hall–Kier alpha value is -2.03. The lowest BCUT2D eigenvalue weighted by Gasteiger charge is -2.08. The first-order chi connectivity index (χ1) is 8.25. The first-order valence-electron chi connectivity index (χ1n) is 5.74. The highest BCUT2D eigenvalue weighted by Crippen LogP contribution is 2.16. The van der Waals surface area contributed by atoms with Crippen LogP contribution in [-0.4, -0.2) is 11.5 Å². The molecule has 0 fully saturated rings. The van der Waals surface area contributed by atoms with Crippen LogP contribution in [0.3, 0.4) is 0 Å². The summed E-state index contributed by atoms with van der Waals surface area (Å²) in [6, 6.07) is 10.1. The van der Waals surface area contributed by atoms with Gasteiger partial charge in [0, 0.05) is 30.3 Å². The Morgan fingerprint density at radius 1 is 1.18 bits per heavy atom.